The number of amides is 1. The number of carbonyl (C=O) groups excluding carboxylic acids is 1. The minimum absolute atomic E-state index is 0.129. The molecule has 0 aliphatic rings. The largest absolute Gasteiger partial charge is 0.370 e. The van der Waals surface area contributed by atoms with Crippen LogP contribution in [0, 0.1) is 11.6 Å². The van der Waals surface area contributed by atoms with E-state index in [0.717, 1.165) is 6.07 Å². The van der Waals surface area contributed by atoms with Crippen LogP contribution in [-0.2, 0) is 16.1 Å². The smallest absolute Gasteiger partial charge is 0.243 e. The Bertz CT molecular complexity index is 365. The fourth-order valence-electron chi connectivity index (χ4n) is 1.26. The Morgan fingerprint density at radius 3 is 2.53 bits per heavy atom. The maximum atomic E-state index is 12.8. The molecule has 0 aromatic heterocycles. The number of primary amides is 1. The van der Waals surface area contributed by atoms with Crippen molar-refractivity contribution >= 4 is 5.91 Å². The highest BCUT2D eigenvalue weighted by molar-refractivity contribution is 5.74. The molecule has 94 valence electrons. The van der Waals surface area contributed by atoms with E-state index in [4.69, 9.17) is 10.5 Å². The Balaban J connectivity index is 2.20. The van der Waals surface area contributed by atoms with Crippen LogP contribution in [0.4, 0.5) is 8.78 Å². The third-order valence-electron chi connectivity index (χ3n) is 1.92. The summed E-state index contributed by atoms with van der Waals surface area (Å²) in [5.41, 5.74) is 5.38. The Morgan fingerprint density at radius 1 is 1.29 bits per heavy atom. The monoisotopic (exact) mass is 244 g/mol. The van der Waals surface area contributed by atoms with Gasteiger partial charge in [0, 0.05) is 19.2 Å². The summed E-state index contributed by atoms with van der Waals surface area (Å²) in [6, 6.07) is 3.32. The van der Waals surface area contributed by atoms with Gasteiger partial charge in [0.05, 0.1) is 6.61 Å². The number of nitrogens with two attached hydrogens (primary N) is 1. The van der Waals surface area contributed by atoms with Gasteiger partial charge in [-0.25, -0.2) is 8.78 Å². The quantitative estimate of drug-likeness (QED) is 0.689. The van der Waals surface area contributed by atoms with Gasteiger partial charge in [-0.3, -0.25) is 4.79 Å². The number of hydrogen-bond acceptors (Lipinski definition) is 3. The molecule has 0 atom stereocenters. The van der Waals surface area contributed by atoms with Crippen molar-refractivity contribution in [3.8, 4) is 0 Å². The molecule has 1 rings (SSSR count). The van der Waals surface area contributed by atoms with Crippen LogP contribution < -0.4 is 11.1 Å². The first-order valence-electron chi connectivity index (χ1n) is 5.09. The fraction of sp³-hybridized carbons (Fsp3) is 0.364. The lowest BCUT2D eigenvalue weighted by atomic mass is 10.2. The number of halogens is 2. The highest BCUT2D eigenvalue weighted by Gasteiger charge is 2.00. The predicted octanol–water partition coefficient (Wildman–Crippen LogP) is 0.556. The molecule has 0 spiro atoms. The van der Waals surface area contributed by atoms with E-state index in [-0.39, 0.29) is 6.61 Å². The van der Waals surface area contributed by atoms with E-state index in [0.29, 0.717) is 25.3 Å². The molecule has 17 heavy (non-hydrogen) atoms. The first-order chi connectivity index (χ1) is 8.08. The van der Waals surface area contributed by atoms with Gasteiger partial charge in [0.15, 0.2) is 0 Å². The molecule has 1 amide bonds. The average molecular weight is 244 g/mol. The first kappa shape index (κ1) is 13.5. The number of hydrogen-bond donors (Lipinski definition) is 2. The van der Waals surface area contributed by atoms with Gasteiger partial charge in [-0.05, 0) is 17.7 Å². The maximum absolute atomic E-state index is 12.8. The van der Waals surface area contributed by atoms with Gasteiger partial charge in [-0.2, -0.15) is 0 Å². The minimum Gasteiger partial charge on any atom is -0.370 e. The van der Waals surface area contributed by atoms with Crippen molar-refractivity contribution in [3.63, 3.8) is 0 Å². The lowest BCUT2D eigenvalue weighted by Crippen LogP contribution is -2.23. The topological polar surface area (TPSA) is 64.4 Å². The Kier molecular flexibility index (Phi) is 5.51. The molecule has 3 N–H and O–H groups in total. The highest BCUT2D eigenvalue weighted by Crippen LogP contribution is 2.07. The molecule has 0 aliphatic heterocycles. The van der Waals surface area contributed by atoms with E-state index in [1.54, 1.807) is 0 Å². The van der Waals surface area contributed by atoms with Crippen LogP contribution in [0.25, 0.3) is 0 Å². The third kappa shape index (κ3) is 5.94. The summed E-state index contributed by atoms with van der Waals surface area (Å²) in [7, 11) is 0. The molecular formula is C11H14F2N2O2. The minimum atomic E-state index is -0.605. The van der Waals surface area contributed by atoms with Gasteiger partial charge in [-0.15, -0.1) is 0 Å². The van der Waals surface area contributed by atoms with E-state index in [2.05, 4.69) is 5.32 Å². The molecule has 0 heterocycles. The van der Waals surface area contributed by atoms with Crippen molar-refractivity contribution < 1.29 is 18.3 Å². The molecule has 0 unspecified atom stereocenters. The molecule has 0 fully saturated rings. The molecule has 0 bridgehead atoms. The molecule has 0 saturated heterocycles. The van der Waals surface area contributed by atoms with Crippen LogP contribution in [0.1, 0.15) is 5.56 Å². The maximum Gasteiger partial charge on any atom is 0.243 e. The van der Waals surface area contributed by atoms with Crippen LogP contribution in [0.2, 0.25) is 0 Å². The summed E-state index contributed by atoms with van der Waals surface area (Å²) < 4.78 is 30.5. The van der Waals surface area contributed by atoms with E-state index >= 15 is 0 Å². The van der Waals surface area contributed by atoms with Gasteiger partial charge in [0.1, 0.15) is 18.2 Å². The molecular weight excluding hydrogens is 230 g/mol. The molecule has 1 aromatic rings. The standard InChI is InChI=1S/C11H14F2N2O2/c12-9-3-8(4-10(13)5-9)6-15-1-2-17-7-11(14)16/h3-5,15H,1-2,6-7H2,(H2,14,16). The highest BCUT2D eigenvalue weighted by atomic mass is 19.1. The summed E-state index contributed by atoms with van der Waals surface area (Å²) in [5.74, 6) is -1.74. The van der Waals surface area contributed by atoms with Crippen LogP contribution in [0.3, 0.4) is 0 Å². The van der Waals surface area contributed by atoms with Crippen LogP contribution in [0.15, 0.2) is 18.2 Å². The van der Waals surface area contributed by atoms with E-state index in [1.165, 1.54) is 12.1 Å². The van der Waals surface area contributed by atoms with Crippen molar-refractivity contribution in [3.05, 3.63) is 35.4 Å². The summed E-state index contributed by atoms with van der Waals surface area (Å²) in [5, 5.41) is 2.92. The van der Waals surface area contributed by atoms with Gasteiger partial charge in [0.2, 0.25) is 5.91 Å². The van der Waals surface area contributed by atoms with Gasteiger partial charge >= 0.3 is 0 Å². The molecule has 0 saturated carbocycles. The second kappa shape index (κ2) is 6.93. The fourth-order valence-corrected chi connectivity index (χ4v) is 1.26. The van der Waals surface area contributed by atoms with E-state index in [9.17, 15) is 13.6 Å². The molecule has 0 aliphatic carbocycles. The average Bonchev–Trinajstić information content (AvgIpc) is 2.21. The summed E-state index contributed by atoms with van der Waals surface area (Å²) >= 11 is 0. The van der Waals surface area contributed by atoms with Crippen molar-refractivity contribution in [1.29, 1.82) is 0 Å². The predicted molar refractivity (Wildman–Crippen MR) is 58.1 cm³/mol. The zero-order valence-electron chi connectivity index (χ0n) is 9.21. The van der Waals surface area contributed by atoms with Crippen molar-refractivity contribution in [2.24, 2.45) is 5.73 Å². The SMILES string of the molecule is NC(=O)COCCNCc1cc(F)cc(F)c1. The lowest BCUT2D eigenvalue weighted by Gasteiger charge is -2.05. The van der Waals surface area contributed by atoms with Crippen LogP contribution >= 0.6 is 0 Å². The number of benzene rings is 1. The molecule has 4 nitrogen and oxygen atoms in total. The Labute approximate surface area is 97.8 Å². The first-order valence-corrected chi connectivity index (χ1v) is 5.09. The molecule has 1 aromatic carbocycles. The van der Waals surface area contributed by atoms with Crippen LogP contribution in [0.5, 0.6) is 0 Å². The summed E-state index contributed by atoms with van der Waals surface area (Å²) in [6.45, 7) is 0.969. The number of rotatable bonds is 7. The number of carbonyl (C=O) groups is 1. The summed E-state index contributed by atoms with van der Waals surface area (Å²) in [6.07, 6.45) is 0. The normalized spacial score (nSPS) is 10.5. The van der Waals surface area contributed by atoms with Crippen molar-refractivity contribution in [2.45, 2.75) is 6.54 Å². The Hall–Kier alpha value is -1.53. The zero-order chi connectivity index (χ0) is 12.7. The lowest BCUT2D eigenvalue weighted by molar-refractivity contribution is -0.122. The Morgan fingerprint density at radius 2 is 1.94 bits per heavy atom. The van der Waals surface area contributed by atoms with E-state index < -0.39 is 17.5 Å². The number of ether oxygens (including phenoxy) is 1. The van der Waals surface area contributed by atoms with Crippen LogP contribution in [-0.4, -0.2) is 25.7 Å². The third-order valence-corrected chi connectivity index (χ3v) is 1.92. The zero-order valence-corrected chi connectivity index (χ0v) is 9.21. The van der Waals surface area contributed by atoms with E-state index in [1.807, 2.05) is 0 Å². The summed E-state index contributed by atoms with van der Waals surface area (Å²) in [4.78, 5) is 10.3. The van der Waals surface area contributed by atoms with Gasteiger partial charge in [-0.1, -0.05) is 0 Å². The van der Waals surface area contributed by atoms with Gasteiger partial charge in [0.25, 0.3) is 0 Å². The number of nitrogens with one attached hydrogen (secondary N) is 1. The molecule has 0 radical (unpaired) electrons. The van der Waals surface area contributed by atoms with Crippen molar-refractivity contribution in [1.82, 2.24) is 5.32 Å². The second-order valence-electron chi connectivity index (χ2n) is 3.47. The van der Waals surface area contributed by atoms with Crippen molar-refractivity contribution in [2.75, 3.05) is 19.8 Å². The molecule has 6 heteroatoms. The second-order valence-corrected chi connectivity index (χ2v) is 3.47. The van der Waals surface area contributed by atoms with Gasteiger partial charge < -0.3 is 15.8 Å².